The molecule has 0 fully saturated rings. The molecule has 0 aliphatic carbocycles. The van der Waals surface area contributed by atoms with E-state index in [1.807, 2.05) is 6.07 Å². The van der Waals surface area contributed by atoms with E-state index < -0.39 is 10.3 Å². The van der Waals surface area contributed by atoms with Crippen molar-refractivity contribution in [3.8, 4) is 0 Å². The molecule has 0 spiro atoms. The number of para-hydroxylation sites is 1. The lowest BCUT2D eigenvalue weighted by molar-refractivity contribution is -0.384. The van der Waals surface area contributed by atoms with E-state index in [2.05, 4.69) is 0 Å². The lowest BCUT2D eigenvalue weighted by Gasteiger charge is -2.19. The number of anilines is 2. The summed E-state index contributed by atoms with van der Waals surface area (Å²) in [6, 6.07) is 14.4. The summed E-state index contributed by atoms with van der Waals surface area (Å²) in [6.45, 7) is 0. The number of rotatable bonds is 3. The fourth-order valence-corrected chi connectivity index (χ4v) is 1.85. The van der Waals surface area contributed by atoms with Crippen LogP contribution < -0.4 is 4.90 Å². The van der Waals surface area contributed by atoms with Crippen molar-refractivity contribution in [2.24, 2.45) is 0 Å². The van der Waals surface area contributed by atoms with E-state index in [1.165, 1.54) is 29.2 Å². The van der Waals surface area contributed by atoms with Crippen LogP contribution in [0.4, 0.5) is 21.9 Å². The second-order valence-electron chi connectivity index (χ2n) is 3.70. The van der Waals surface area contributed by atoms with Crippen molar-refractivity contribution >= 4 is 34.0 Å². The first-order chi connectivity index (χ1) is 9.09. The molecule has 0 aliphatic heterocycles. The summed E-state index contributed by atoms with van der Waals surface area (Å²) in [5.74, 6) is 0. The summed E-state index contributed by atoms with van der Waals surface area (Å²) in [4.78, 5) is 22.9. The minimum Gasteiger partial charge on any atom is -0.268 e. The van der Waals surface area contributed by atoms with Crippen molar-refractivity contribution in [3.05, 3.63) is 64.7 Å². The van der Waals surface area contributed by atoms with Gasteiger partial charge in [0, 0.05) is 12.1 Å². The van der Waals surface area contributed by atoms with Gasteiger partial charge in [0.2, 0.25) is 0 Å². The average Bonchev–Trinajstić information content (AvgIpc) is 2.40. The molecule has 2 aromatic rings. The van der Waals surface area contributed by atoms with Crippen molar-refractivity contribution in [3.63, 3.8) is 0 Å². The average molecular weight is 277 g/mol. The number of benzene rings is 2. The third kappa shape index (κ3) is 2.89. The van der Waals surface area contributed by atoms with Crippen LogP contribution in [-0.2, 0) is 0 Å². The van der Waals surface area contributed by atoms with Gasteiger partial charge in [-0.2, -0.15) is 0 Å². The van der Waals surface area contributed by atoms with E-state index in [9.17, 15) is 14.9 Å². The third-order valence-electron chi connectivity index (χ3n) is 2.51. The number of carbonyl (C=O) groups excluding carboxylic acids is 1. The highest BCUT2D eigenvalue weighted by molar-refractivity contribution is 6.66. The van der Waals surface area contributed by atoms with E-state index >= 15 is 0 Å². The molecule has 2 aromatic carbocycles. The first-order valence-corrected chi connectivity index (χ1v) is 5.76. The number of hydrogen-bond donors (Lipinski definition) is 0. The Labute approximate surface area is 114 Å². The Morgan fingerprint density at radius 2 is 1.53 bits per heavy atom. The van der Waals surface area contributed by atoms with Gasteiger partial charge in [0.1, 0.15) is 0 Å². The lowest BCUT2D eigenvalue weighted by atomic mass is 10.2. The monoisotopic (exact) mass is 276 g/mol. The maximum Gasteiger partial charge on any atom is 0.325 e. The van der Waals surface area contributed by atoms with E-state index in [-0.39, 0.29) is 5.69 Å². The van der Waals surface area contributed by atoms with Crippen molar-refractivity contribution < 1.29 is 9.72 Å². The molecule has 1 amide bonds. The number of nitro groups is 1. The fourth-order valence-electron chi connectivity index (χ4n) is 1.65. The highest BCUT2D eigenvalue weighted by atomic mass is 35.5. The summed E-state index contributed by atoms with van der Waals surface area (Å²) in [6.07, 6.45) is 0. The maximum atomic E-state index is 11.5. The van der Waals surface area contributed by atoms with Crippen LogP contribution in [0.25, 0.3) is 0 Å². The SMILES string of the molecule is O=C(Cl)N(c1ccccc1)c1ccc([N+](=O)[O-])cc1. The van der Waals surface area contributed by atoms with Gasteiger partial charge in [0.25, 0.3) is 5.69 Å². The van der Waals surface area contributed by atoms with E-state index in [0.29, 0.717) is 11.4 Å². The number of nitrogens with zero attached hydrogens (tertiary/aromatic N) is 2. The Morgan fingerprint density at radius 3 is 2.00 bits per heavy atom. The molecule has 0 bridgehead atoms. The Kier molecular flexibility index (Phi) is 3.77. The van der Waals surface area contributed by atoms with Crippen LogP contribution in [0.5, 0.6) is 0 Å². The van der Waals surface area contributed by atoms with Crippen LogP contribution in [0.15, 0.2) is 54.6 Å². The minimum atomic E-state index is -0.681. The predicted molar refractivity (Wildman–Crippen MR) is 72.9 cm³/mol. The van der Waals surface area contributed by atoms with Gasteiger partial charge in [0.05, 0.1) is 16.3 Å². The fraction of sp³-hybridized carbons (Fsp3) is 0. The number of nitro benzene ring substituents is 1. The van der Waals surface area contributed by atoms with Gasteiger partial charge in [-0.05, 0) is 35.9 Å². The molecule has 2 rings (SSSR count). The first kappa shape index (κ1) is 13.0. The van der Waals surface area contributed by atoms with Gasteiger partial charge < -0.3 is 0 Å². The lowest BCUT2D eigenvalue weighted by Crippen LogP contribution is -2.19. The topological polar surface area (TPSA) is 63.5 Å². The number of hydrogen-bond acceptors (Lipinski definition) is 3. The molecule has 0 aromatic heterocycles. The van der Waals surface area contributed by atoms with Crippen LogP contribution in [0, 0.1) is 10.1 Å². The smallest absolute Gasteiger partial charge is 0.268 e. The van der Waals surface area contributed by atoms with Gasteiger partial charge in [-0.15, -0.1) is 0 Å². The standard InChI is InChI=1S/C13H9ClN2O3/c14-13(17)15(10-4-2-1-3-5-10)11-6-8-12(9-7-11)16(18)19/h1-9H. The molecule has 0 atom stereocenters. The van der Waals surface area contributed by atoms with Gasteiger partial charge in [-0.3, -0.25) is 19.8 Å². The molecular weight excluding hydrogens is 268 g/mol. The van der Waals surface area contributed by atoms with Crippen molar-refractivity contribution in [2.75, 3.05) is 4.90 Å². The Balaban J connectivity index is 2.40. The van der Waals surface area contributed by atoms with Gasteiger partial charge in [0.15, 0.2) is 0 Å². The van der Waals surface area contributed by atoms with Crippen LogP contribution >= 0.6 is 11.6 Å². The van der Waals surface area contributed by atoms with Crippen LogP contribution in [0.1, 0.15) is 0 Å². The van der Waals surface area contributed by atoms with E-state index in [4.69, 9.17) is 11.6 Å². The number of amides is 1. The zero-order valence-corrected chi connectivity index (χ0v) is 10.4. The molecule has 6 heteroatoms. The Hall–Kier alpha value is -2.40. The number of halogens is 1. The Morgan fingerprint density at radius 1 is 1.00 bits per heavy atom. The summed E-state index contributed by atoms with van der Waals surface area (Å²) >= 11 is 5.57. The third-order valence-corrected chi connectivity index (χ3v) is 2.68. The normalized spacial score (nSPS) is 9.95. The zero-order valence-electron chi connectivity index (χ0n) is 9.69. The molecule has 0 heterocycles. The number of carbonyl (C=O) groups is 1. The van der Waals surface area contributed by atoms with Crippen molar-refractivity contribution in [1.29, 1.82) is 0 Å². The molecule has 19 heavy (non-hydrogen) atoms. The summed E-state index contributed by atoms with van der Waals surface area (Å²) in [5.41, 5.74) is 1.02. The largest absolute Gasteiger partial charge is 0.325 e. The zero-order chi connectivity index (χ0) is 13.8. The van der Waals surface area contributed by atoms with E-state index in [1.54, 1.807) is 24.3 Å². The van der Waals surface area contributed by atoms with Crippen molar-refractivity contribution in [2.45, 2.75) is 0 Å². The van der Waals surface area contributed by atoms with Crippen LogP contribution in [0.2, 0.25) is 0 Å². The predicted octanol–water partition coefficient (Wildman–Crippen LogP) is 4.09. The molecular formula is C13H9ClN2O3. The quantitative estimate of drug-likeness (QED) is 0.367. The molecule has 0 saturated heterocycles. The summed E-state index contributed by atoms with van der Waals surface area (Å²) in [7, 11) is 0. The summed E-state index contributed by atoms with van der Waals surface area (Å²) in [5, 5.41) is 9.90. The Bertz CT molecular complexity index is 599. The molecule has 0 N–H and O–H groups in total. The summed E-state index contributed by atoms with van der Waals surface area (Å²) < 4.78 is 0. The molecule has 0 aliphatic rings. The molecule has 5 nitrogen and oxygen atoms in total. The second kappa shape index (κ2) is 5.49. The molecule has 0 radical (unpaired) electrons. The highest BCUT2D eigenvalue weighted by Crippen LogP contribution is 2.28. The second-order valence-corrected chi connectivity index (χ2v) is 4.02. The van der Waals surface area contributed by atoms with Gasteiger partial charge >= 0.3 is 5.37 Å². The van der Waals surface area contributed by atoms with E-state index in [0.717, 1.165) is 0 Å². The van der Waals surface area contributed by atoms with Crippen LogP contribution in [-0.4, -0.2) is 10.3 Å². The van der Waals surface area contributed by atoms with Crippen LogP contribution in [0.3, 0.4) is 0 Å². The van der Waals surface area contributed by atoms with Gasteiger partial charge in [-0.1, -0.05) is 18.2 Å². The maximum absolute atomic E-state index is 11.5. The molecule has 0 unspecified atom stereocenters. The highest BCUT2D eigenvalue weighted by Gasteiger charge is 2.16. The molecule has 0 saturated carbocycles. The molecule has 96 valence electrons. The van der Waals surface area contributed by atoms with Crippen molar-refractivity contribution in [1.82, 2.24) is 0 Å². The minimum absolute atomic E-state index is 0.0428. The number of non-ortho nitro benzene ring substituents is 1. The first-order valence-electron chi connectivity index (χ1n) is 5.38. The van der Waals surface area contributed by atoms with Gasteiger partial charge in [-0.25, -0.2) is 0 Å².